The van der Waals surface area contributed by atoms with E-state index in [1.807, 2.05) is 6.08 Å². The zero-order valence-corrected chi connectivity index (χ0v) is 7.18. The molecule has 4 nitrogen and oxygen atoms in total. The van der Waals surface area contributed by atoms with Crippen LogP contribution in [0.2, 0.25) is 0 Å². The van der Waals surface area contributed by atoms with Gasteiger partial charge >= 0.3 is 5.97 Å². The summed E-state index contributed by atoms with van der Waals surface area (Å²) in [6, 6.07) is 0. The Bertz CT molecular complexity index is 279. The molecule has 1 aliphatic heterocycles. The van der Waals surface area contributed by atoms with Gasteiger partial charge in [-0.3, -0.25) is 4.79 Å². The summed E-state index contributed by atoms with van der Waals surface area (Å²) in [5, 5.41) is 8.46. The third kappa shape index (κ3) is 3.55. The quantitative estimate of drug-likeness (QED) is 0.677. The normalized spacial score (nSPS) is 20.9. The number of hydrogen-bond acceptors (Lipinski definition) is 3. The second-order valence-electron chi connectivity index (χ2n) is 2.85. The van der Waals surface area contributed by atoms with Crippen molar-refractivity contribution in [1.29, 1.82) is 0 Å². The molecule has 70 valence electrons. The third-order valence-electron chi connectivity index (χ3n) is 1.73. The van der Waals surface area contributed by atoms with Crippen molar-refractivity contribution in [2.75, 3.05) is 0 Å². The highest BCUT2D eigenvalue weighted by atomic mass is 16.4. The molecule has 1 heterocycles. The van der Waals surface area contributed by atoms with E-state index < -0.39 is 5.97 Å². The molecule has 0 amide bonds. The molecule has 0 bridgehead atoms. The van der Waals surface area contributed by atoms with Gasteiger partial charge in [-0.25, -0.2) is 4.99 Å². The van der Waals surface area contributed by atoms with Crippen molar-refractivity contribution < 1.29 is 9.90 Å². The molecule has 1 atom stereocenters. The fraction of sp³-hybridized carbons (Fsp3) is 0.333. The predicted molar refractivity (Wildman–Crippen MR) is 50.3 cm³/mol. The Hall–Kier alpha value is -1.58. The van der Waals surface area contributed by atoms with Crippen LogP contribution in [0.15, 0.2) is 29.0 Å². The maximum absolute atomic E-state index is 10.3. The Morgan fingerprint density at radius 3 is 3.15 bits per heavy atom. The number of carbonyl (C=O) groups is 1. The fourth-order valence-electron chi connectivity index (χ4n) is 1.03. The molecule has 0 aliphatic carbocycles. The van der Waals surface area contributed by atoms with E-state index in [2.05, 4.69) is 4.99 Å². The van der Waals surface area contributed by atoms with Gasteiger partial charge in [0.1, 0.15) is 5.82 Å². The van der Waals surface area contributed by atoms with Crippen LogP contribution in [-0.4, -0.2) is 17.3 Å². The van der Waals surface area contributed by atoms with Crippen molar-refractivity contribution in [3.05, 3.63) is 24.0 Å². The predicted octanol–water partition coefficient (Wildman–Crippen LogP) is 0.908. The van der Waals surface area contributed by atoms with Crippen LogP contribution >= 0.6 is 0 Å². The van der Waals surface area contributed by atoms with Gasteiger partial charge in [0.2, 0.25) is 0 Å². The van der Waals surface area contributed by atoms with Gasteiger partial charge in [-0.15, -0.1) is 0 Å². The molecule has 0 spiro atoms. The summed E-state index contributed by atoms with van der Waals surface area (Å²) >= 11 is 0. The van der Waals surface area contributed by atoms with Crippen molar-refractivity contribution in [2.45, 2.75) is 12.8 Å². The average Bonchev–Trinajstić information content (AvgIpc) is 2.27. The SMILES string of the molecule is NC1=CC=CC(CCC(=O)O)C=N1. The maximum Gasteiger partial charge on any atom is 0.303 e. The van der Waals surface area contributed by atoms with Gasteiger partial charge in [0, 0.05) is 18.6 Å². The molecule has 1 rings (SSSR count). The molecular formula is C9H12N2O2. The first-order valence-electron chi connectivity index (χ1n) is 4.08. The first-order valence-corrected chi connectivity index (χ1v) is 4.08. The minimum atomic E-state index is -0.785. The number of nitrogens with zero attached hydrogens (tertiary/aromatic N) is 1. The molecule has 13 heavy (non-hydrogen) atoms. The van der Waals surface area contributed by atoms with Crippen LogP contribution in [0.25, 0.3) is 0 Å². The van der Waals surface area contributed by atoms with Crippen molar-refractivity contribution >= 4 is 12.2 Å². The summed E-state index contributed by atoms with van der Waals surface area (Å²) in [5.41, 5.74) is 5.45. The van der Waals surface area contributed by atoms with Crippen LogP contribution in [0, 0.1) is 5.92 Å². The smallest absolute Gasteiger partial charge is 0.303 e. The lowest BCUT2D eigenvalue weighted by molar-refractivity contribution is -0.137. The Labute approximate surface area is 76.5 Å². The Morgan fingerprint density at radius 2 is 2.46 bits per heavy atom. The molecule has 3 N–H and O–H groups in total. The van der Waals surface area contributed by atoms with E-state index >= 15 is 0 Å². The van der Waals surface area contributed by atoms with Gasteiger partial charge in [0.05, 0.1) is 0 Å². The minimum Gasteiger partial charge on any atom is -0.481 e. The van der Waals surface area contributed by atoms with Gasteiger partial charge in [-0.2, -0.15) is 0 Å². The second kappa shape index (κ2) is 4.45. The van der Waals surface area contributed by atoms with Crippen LogP contribution in [-0.2, 0) is 4.79 Å². The van der Waals surface area contributed by atoms with Crippen LogP contribution in [0.4, 0.5) is 0 Å². The Kier molecular flexibility index (Phi) is 3.25. The van der Waals surface area contributed by atoms with Gasteiger partial charge in [0.25, 0.3) is 0 Å². The van der Waals surface area contributed by atoms with Crippen LogP contribution in [0.1, 0.15) is 12.8 Å². The summed E-state index contributed by atoms with van der Waals surface area (Å²) in [5.74, 6) is -0.255. The van der Waals surface area contributed by atoms with E-state index in [0.29, 0.717) is 12.2 Å². The lowest BCUT2D eigenvalue weighted by Crippen LogP contribution is -2.03. The summed E-state index contributed by atoms with van der Waals surface area (Å²) in [4.78, 5) is 14.2. The van der Waals surface area contributed by atoms with E-state index in [-0.39, 0.29) is 12.3 Å². The largest absolute Gasteiger partial charge is 0.481 e. The van der Waals surface area contributed by atoms with Gasteiger partial charge < -0.3 is 10.8 Å². The third-order valence-corrected chi connectivity index (χ3v) is 1.73. The summed E-state index contributed by atoms with van der Waals surface area (Å²) in [6.07, 6.45) is 7.79. The monoisotopic (exact) mass is 180 g/mol. The highest BCUT2D eigenvalue weighted by molar-refractivity contribution is 5.69. The number of carboxylic acid groups (broad SMARTS) is 1. The number of nitrogens with two attached hydrogens (primary N) is 1. The second-order valence-corrected chi connectivity index (χ2v) is 2.85. The van der Waals surface area contributed by atoms with Crippen molar-refractivity contribution in [1.82, 2.24) is 0 Å². The molecule has 0 fully saturated rings. The first kappa shape index (κ1) is 9.51. The summed E-state index contributed by atoms with van der Waals surface area (Å²) in [7, 11) is 0. The number of hydrogen-bond donors (Lipinski definition) is 2. The molecule has 0 aromatic carbocycles. The minimum absolute atomic E-state index is 0.0772. The molecule has 0 radical (unpaired) electrons. The van der Waals surface area contributed by atoms with E-state index in [1.165, 1.54) is 0 Å². The van der Waals surface area contributed by atoms with E-state index in [4.69, 9.17) is 10.8 Å². The van der Waals surface area contributed by atoms with Crippen molar-refractivity contribution in [3.8, 4) is 0 Å². The van der Waals surface area contributed by atoms with Crippen LogP contribution in [0.5, 0.6) is 0 Å². The number of allylic oxidation sites excluding steroid dienone is 3. The zero-order chi connectivity index (χ0) is 9.68. The lowest BCUT2D eigenvalue weighted by atomic mass is 10.0. The van der Waals surface area contributed by atoms with Crippen LogP contribution in [0.3, 0.4) is 0 Å². The Morgan fingerprint density at radius 1 is 1.69 bits per heavy atom. The molecule has 0 aromatic rings. The molecular weight excluding hydrogens is 168 g/mol. The van der Waals surface area contributed by atoms with Gasteiger partial charge in [-0.1, -0.05) is 12.2 Å². The topological polar surface area (TPSA) is 75.7 Å². The molecule has 1 aliphatic rings. The molecule has 0 aromatic heterocycles. The Balaban J connectivity index is 2.46. The zero-order valence-electron chi connectivity index (χ0n) is 7.18. The first-order chi connectivity index (χ1) is 6.18. The molecule has 1 unspecified atom stereocenters. The van der Waals surface area contributed by atoms with E-state index in [9.17, 15) is 4.79 Å². The number of carboxylic acids is 1. The van der Waals surface area contributed by atoms with E-state index in [0.717, 1.165) is 0 Å². The molecule has 0 saturated heterocycles. The summed E-state index contributed by atoms with van der Waals surface area (Å²) in [6.45, 7) is 0. The van der Waals surface area contributed by atoms with E-state index in [1.54, 1.807) is 18.4 Å². The lowest BCUT2D eigenvalue weighted by Gasteiger charge is -2.02. The summed E-state index contributed by atoms with van der Waals surface area (Å²) < 4.78 is 0. The molecule has 4 heteroatoms. The van der Waals surface area contributed by atoms with Crippen molar-refractivity contribution in [3.63, 3.8) is 0 Å². The molecule has 0 saturated carbocycles. The number of rotatable bonds is 3. The van der Waals surface area contributed by atoms with Crippen molar-refractivity contribution in [2.24, 2.45) is 16.6 Å². The highest BCUT2D eigenvalue weighted by Crippen LogP contribution is 2.09. The van der Waals surface area contributed by atoms with Gasteiger partial charge in [-0.05, 0) is 12.5 Å². The highest BCUT2D eigenvalue weighted by Gasteiger charge is 2.06. The van der Waals surface area contributed by atoms with Crippen LogP contribution < -0.4 is 5.73 Å². The number of aliphatic imine (C=N–C) groups is 1. The standard InChI is InChI=1S/C9H12N2O2/c10-8-3-1-2-7(6-11-8)4-5-9(12)13/h1-3,6-7H,4-5,10H2,(H,12,13). The van der Waals surface area contributed by atoms with Gasteiger partial charge in [0.15, 0.2) is 0 Å². The fourth-order valence-corrected chi connectivity index (χ4v) is 1.03. The maximum atomic E-state index is 10.3. The average molecular weight is 180 g/mol. The number of aliphatic carboxylic acids is 1.